The van der Waals surface area contributed by atoms with E-state index in [2.05, 4.69) is 6.92 Å². The van der Waals surface area contributed by atoms with Crippen LogP contribution in [0.5, 0.6) is 0 Å². The first-order chi connectivity index (χ1) is 8.88. The van der Waals surface area contributed by atoms with Crippen LogP contribution < -0.4 is 0 Å². The average molecular weight is 254 g/mol. The molecule has 0 aromatic heterocycles. The van der Waals surface area contributed by atoms with Crippen molar-refractivity contribution in [3.8, 4) is 0 Å². The molecule has 2 heteroatoms. The first-order valence-corrected chi connectivity index (χ1v) is 8.19. The lowest BCUT2D eigenvalue weighted by molar-refractivity contribution is -0.195. The Balaban J connectivity index is 1.72. The molecule has 2 saturated carbocycles. The molecule has 0 spiro atoms. The standard InChI is InChI=1S/C16H30O2/c1-2-3-4-13-16(17-14-9-5-6-10-14)18-15-11-7-8-12-15/h14-16H,2-13H2,1H3. The second kappa shape index (κ2) is 8.16. The van der Waals surface area contributed by atoms with Crippen molar-refractivity contribution in [3.05, 3.63) is 0 Å². The molecule has 2 aliphatic carbocycles. The zero-order chi connectivity index (χ0) is 12.6. The fraction of sp³-hybridized carbons (Fsp3) is 1.00. The van der Waals surface area contributed by atoms with Crippen LogP contribution in [-0.2, 0) is 9.47 Å². The summed E-state index contributed by atoms with van der Waals surface area (Å²) in [4.78, 5) is 0. The van der Waals surface area contributed by atoms with Gasteiger partial charge in [0.05, 0.1) is 12.2 Å². The molecule has 0 amide bonds. The lowest BCUT2D eigenvalue weighted by Crippen LogP contribution is -2.27. The monoisotopic (exact) mass is 254 g/mol. The van der Waals surface area contributed by atoms with Crippen LogP contribution >= 0.6 is 0 Å². The van der Waals surface area contributed by atoms with Gasteiger partial charge in [0.25, 0.3) is 0 Å². The number of ether oxygens (including phenoxy) is 2. The second-order valence-electron chi connectivity index (χ2n) is 6.01. The van der Waals surface area contributed by atoms with E-state index in [9.17, 15) is 0 Å². The maximum atomic E-state index is 6.20. The summed E-state index contributed by atoms with van der Waals surface area (Å²) in [6.45, 7) is 2.25. The Kier molecular flexibility index (Phi) is 6.50. The highest BCUT2D eigenvalue weighted by Crippen LogP contribution is 2.27. The van der Waals surface area contributed by atoms with Gasteiger partial charge in [-0.3, -0.25) is 0 Å². The van der Waals surface area contributed by atoms with Crippen LogP contribution in [0.15, 0.2) is 0 Å². The predicted octanol–water partition coefficient (Wildman–Crippen LogP) is 4.81. The van der Waals surface area contributed by atoms with Crippen LogP contribution in [0, 0.1) is 0 Å². The van der Waals surface area contributed by atoms with Gasteiger partial charge in [-0.15, -0.1) is 0 Å². The molecule has 2 aliphatic rings. The minimum absolute atomic E-state index is 0.0859. The molecule has 0 unspecified atom stereocenters. The van der Waals surface area contributed by atoms with Crippen molar-refractivity contribution in [2.45, 2.75) is 102 Å². The molecular formula is C16H30O2. The SMILES string of the molecule is CCCCCC(OC1CCCC1)OC1CCCC1. The Morgan fingerprint density at radius 1 is 0.833 bits per heavy atom. The highest BCUT2D eigenvalue weighted by Gasteiger charge is 2.24. The van der Waals surface area contributed by atoms with E-state index in [1.165, 1.54) is 70.6 Å². The smallest absolute Gasteiger partial charge is 0.158 e. The maximum absolute atomic E-state index is 6.20. The summed E-state index contributed by atoms with van der Waals surface area (Å²) >= 11 is 0. The lowest BCUT2D eigenvalue weighted by Gasteiger charge is -2.25. The van der Waals surface area contributed by atoms with Crippen molar-refractivity contribution < 1.29 is 9.47 Å². The molecule has 0 aromatic carbocycles. The van der Waals surface area contributed by atoms with Gasteiger partial charge < -0.3 is 9.47 Å². The van der Waals surface area contributed by atoms with E-state index in [0.717, 1.165) is 6.42 Å². The Hall–Kier alpha value is -0.0800. The molecule has 0 atom stereocenters. The quantitative estimate of drug-likeness (QED) is 0.457. The van der Waals surface area contributed by atoms with Gasteiger partial charge in [-0.25, -0.2) is 0 Å². The molecule has 0 radical (unpaired) electrons. The van der Waals surface area contributed by atoms with Crippen LogP contribution in [-0.4, -0.2) is 18.5 Å². The summed E-state index contributed by atoms with van der Waals surface area (Å²) in [5.41, 5.74) is 0. The molecule has 0 bridgehead atoms. The van der Waals surface area contributed by atoms with Gasteiger partial charge >= 0.3 is 0 Å². The largest absolute Gasteiger partial charge is 0.349 e. The second-order valence-corrected chi connectivity index (χ2v) is 6.01. The molecule has 0 aliphatic heterocycles. The van der Waals surface area contributed by atoms with Crippen LogP contribution in [0.3, 0.4) is 0 Å². The predicted molar refractivity (Wildman–Crippen MR) is 74.6 cm³/mol. The summed E-state index contributed by atoms with van der Waals surface area (Å²) in [6, 6.07) is 0. The maximum Gasteiger partial charge on any atom is 0.158 e. The normalized spacial score (nSPS) is 22.3. The Labute approximate surface area is 112 Å². The molecule has 2 nitrogen and oxygen atoms in total. The summed E-state index contributed by atoms with van der Waals surface area (Å²) < 4.78 is 12.4. The molecule has 0 aromatic rings. The van der Waals surface area contributed by atoms with Gasteiger partial charge in [0.1, 0.15) is 0 Å². The van der Waals surface area contributed by atoms with Gasteiger partial charge in [-0.05, 0) is 38.5 Å². The van der Waals surface area contributed by atoms with Gasteiger partial charge in [0.2, 0.25) is 0 Å². The topological polar surface area (TPSA) is 18.5 Å². The minimum atomic E-state index is 0.0859. The Morgan fingerprint density at radius 2 is 1.33 bits per heavy atom. The van der Waals surface area contributed by atoms with Crippen LogP contribution in [0.2, 0.25) is 0 Å². The van der Waals surface area contributed by atoms with Crippen molar-refractivity contribution in [3.63, 3.8) is 0 Å². The molecule has 2 rings (SSSR count). The molecule has 0 saturated heterocycles. The summed E-state index contributed by atoms with van der Waals surface area (Å²) in [5.74, 6) is 0. The molecule has 18 heavy (non-hydrogen) atoms. The van der Waals surface area contributed by atoms with E-state index < -0.39 is 0 Å². The molecule has 2 fully saturated rings. The third-order valence-corrected chi connectivity index (χ3v) is 4.34. The fourth-order valence-corrected chi connectivity index (χ4v) is 3.21. The molecule has 0 N–H and O–H groups in total. The van der Waals surface area contributed by atoms with Crippen molar-refractivity contribution in [2.24, 2.45) is 0 Å². The number of hydrogen-bond donors (Lipinski definition) is 0. The lowest BCUT2D eigenvalue weighted by atomic mass is 10.2. The van der Waals surface area contributed by atoms with Crippen molar-refractivity contribution in [1.82, 2.24) is 0 Å². The summed E-state index contributed by atoms with van der Waals surface area (Å²) in [7, 11) is 0. The average Bonchev–Trinajstić information content (AvgIpc) is 3.02. The number of hydrogen-bond acceptors (Lipinski definition) is 2. The summed E-state index contributed by atoms with van der Waals surface area (Å²) in [5, 5.41) is 0. The van der Waals surface area contributed by atoms with Crippen molar-refractivity contribution in [2.75, 3.05) is 0 Å². The van der Waals surface area contributed by atoms with E-state index in [1.54, 1.807) is 0 Å². The van der Waals surface area contributed by atoms with Crippen LogP contribution in [0.1, 0.15) is 84.0 Å². The highest BCUT2D eigenvalue weighted by atomic mass is 16.7. The zero-order valence-corrected chi connectivity index (χ0v) is 12.0. The molecular weight excluding hydrogens is 224 g/mol. The van der Waals surface area contributed by atoms with Crippen molar-refractivity contribution >= 4 is 0 Å². The highest BCUT2D eigenvalue weighted by molar-refractivity contribution is 4.70. The van der Waals surface area contributed by atoms with Gasteiger partial charge in [-0.2, -0.15) is 0 Å². The van der Waals surface area contributed by atoms with E-state index in [0.29, 0.717) is 12.2 Å². The van der Waals surface area contributed by atoms with E-state index in [-0.39, 0.29) is 6.29 Å². The van der Waals surface area contributed by atoms with Gasteiger partial charge in [0.15, 0.2) is 6.29 Å². The Morgan fingerprint density at radius 3 is 1.78 bits per heavy atom. The molecule has 106 valence electrons. The van der Waals surface area contributed by atoms with Crippen LogP contribution in [0.25, 0.3) is 0 Å². The van der Waals surface area contributed by atoms with Crippen LogP contribution in [0.4, 0.5) is 0 Å². The first-order valence-electron chi connectivity index (χ1n) is 8.19. The minimum Gasteiger partial charge on any atom is -0.349 e. The van der Waals surface area contributed by atoms with E-state index in [1.807, 2.05) is 0 Å². The van der Waals surface area contributed by atoms with Crippen molar-refractivity contribution in [1.29, 1.82) is 0 Å². The van der Waals surface area contributed by atoms with Gasteiger partial charge in [-0.1, -0.05) is 45.4 Å². The zero-order valence-electron chi connectivity index (χ0n) is 12.0. The molecule has 0 heterocycles. The third-order valence-electron chi connectivity index (χ3n) is 4.34. The third kappa shape index (κ3) is 4.89. The van der Waals surface area contributed by atoms with E-state index in [4.69, 9.17) is 9.47 Å². The number of unbranched alkanes of at least 4 members (excludes halogenated alkanes) is 2. The fourth-order valence-electron chi connectivity index (χ4n) is 3.21. The first kappa shape index (κ1) is 14.3. The summed E-state index contributed by atoms with van der Waals surface area (Å²) in [6.07, 6.45) is 16.3. The number of rotatable bonds is 8. The van der Waals surface area contributed by atoms with Gasteiger partial charge in [0, 0.05) is 0 Å². The van der Waals surface area contributed by atoms with E-state index >= 15 is 0 Å². The Bertz CT molecular complexity index is 187.